The largest absolute Gasteiger partial charge is 0.424 e. The minimum absolute atomic E-state index is 0.629. The van der Waals surface area contributed by atoms with Crippen molar-refractivity contribution in [3.63, 3.8) is 0 Å². The van der Waals surface area contributed by atoms with E-state index < -0.39 is 14.9 Å². The molecule has 2 rings (SSSR count). The highest BCUT2D eigenvalue weighted by Crippen LogP contribution is 2.50. The molecular formula is C13H19NO3S4Si. The van der Waals surface area contributed by atoms with Crippen LogP contribution in [-0.2, 0) is 13.9 Å². The van der Waals surface area contributed by atoms with Gasteiger partial charge in [-0.2, -0.15) is 0 Å². The van der Waals surface area contributed by atoms with Crippen molar-refractivity contribution in [3.8, 4) is 0 Å². The molecule has 0 bridgehead atoms. The Morgan fingerprint density at radius 2 is 2.05 bits per heavy atom. The number of nitrogens with zero attached hydrogens (tertiary/aromatic N) is 1. The van der Waals surface area contributed by atoms with Crippen LogP contribution in [0.15, 0.2) is 28.6 Å². The van der Waals surface area contributed by atoms with Crippen molar-refractivity contribution in [3.05, 3.63) is 24.3 Å². The monoisotopic (exact) mass is 393 g/mol. The smallest absolute Gasteiger partial charge is 0.227 e. The molecule has 1 heterocycles. The highest BCUT2D eigenvalue weighted by atomic mass is 33.5. The van der Waals surface area contributed by atoms with Gasteiger partial charge in [-0.15, -0.1) is 11.3 Å². The molecule has 1 aromatic heterocycles. The molecule has 0 fully saturated rings. The molecule has 4 nitrogen and oxygen atoms in total. The Morgan fingerprint density at radius 3 is 2.73 bits per heavy atom. The van der Waals surface area contributed by atoms with Gasteiger partial charge in [-0.1, -0.05) is 12.1 Å². The summed E-state index contributed by atoms with van der Waals surface area (Å²) in [6.45, 7) is 2.77. The first-order valence-corrected chi connectivity index (χ1v) is 12.7. The Labute approximate surface area is 148 Å². The Bertz CT molecular complexity index is 546. The summed E-state index contributed by atoms with van der Waals surface area (Å²) >= 11 is 1.70. The van der Waals surface area contributed by atoms with Gasteiger partial charge in [0.15, 0.2) is 14.1 Å². The third-order valence-electron chi connectivity index (χ3n) is 2.92. The molecule has 0 saturated carbocycles. The Hall–Kier alpha value is 0.257. The number of hydrogen-bond acceptors (Lipinski definition) is 8. The van der Waals surface area contributed by atoms with E-state index in [-0.39, 0.29) is 0 Å². The van der Waals surface area contributed by atoms with Crippen LogP contribution in [0.25, 0.3) is 10.2 Å². The molecule has 2 aromatic rings. The van der Waals surface area contributed by atoms with Crippen LogP contribution < -0.4 is 0 Å². The van der Waals surface area contributed by atoms with Gasteiger partial charge >= 0.3 is 0 Å². The van der Waals surface area contributed by atoms with Crippen molar-refractivity contribution in [1.82, 2.24) is 4.98 Å². The summed E-state index contributed by atoms with van der Waals surface area (Å²) in [7, 11) is 7.59. The van der Waals surface area contributed by atoms with Crippen LogP contribution in [0.3, 0.4) is 0 Å². The fourth-order valence-corrected chi connectivity index (χ4v) is 9.64. The fraction of sp³-hybridized carbons (Fsp3) is 0.462. The van der Waals surface area contributed by atoms with E-state index in [4.69, 9.17) is 13.9 Å². The summed E-state index contributed by atoms with van der Waals surface area (Å²) < 4.78 is 18.9. The summed E-state index contributed by atoms with van der Waals surface area (Å²) in [5.41, 5.74) is 1.05. The maximum atomic E-state index is 5.57. The predicted molar refractivity (Wildman–Crippen MR) is 102 cm³/mol. The van der Waals surface area contributed by atoms with Gasteiger partial charge in [-0.05, 0) is 50.5 Å². The average Bonchev–Trinajstić information content (AvgIpc) is 2.96. The summed E-state index contributed by atoms with van der Waals surface area (Å²) in [4.78, 5) is 4.61. The lowest BCUT2D eigenvalue weighted by atomic mass is 10.3. The molecule has 1 aromatic carbocycles. The van der Waals surface area contributed by atoms with Crippen molar-refractivity contribution in [2.24, 2.45) is 0 Å². The molecule has 0 aliphatic carbocycles. The second-order valence-electron chi connectivity index (χ2n) is 4.22. The number of para-hydroxylation sites is 1. The molecule has 9 heteroatoms. The molecule has 0 saturated heterocycles. The van der Waals surface area contributed by atoms with E-state index in [0.717, 1.165) is 22.5 Å². The van der Waals surface area contributed by atoms with Crippen molar-refractivity contribution < 1.29 is 13.9 Å². The Kier molecular flexibility index (Phi) is 8.05. The summed E-state index contributed by atoms with van der Waals surface area (Å²) in [5.74, 6) is 0. The maximum Gasteiger partial charge on any atom is 0.227 e. The van der Waals surface area contributed by atoms with Crippen LogP contribution in [-0.4, -0.2) is 40.7 Å². The van der Waals surface area contributed by atoms with Gasteiger partial charge < -0.3 is 13.9 Å². The number of methoxy groups -OCH3 is 2. The van der Waals surface area contributed by atoms with Crippen molar-refractivity contribution in [1.29, 1.82) is 0 Å². The van der Waals surface area contributed by atoms with E-state index in [0.29, 0.717) is 0 Å². The molecular weight excluding hydrogens is 375 g/mol. The second kappa shape index (κ2) is 9.53. The SMILES string of the molecule is CCO[SiH2]CC(OC)(OC)SSSc1nc2ccccc2s1. The van der Waals surface area contributed by atoms with Crippen LogP contribution in [0.5, 0.6) is 0 Å². The zero-order chi connectivity index (χ0) is 15.8. The zero-order valence-electron chi connectivity index (χ0n) is 12.7. The first-order valence-electron chi connectivity index (χ1n) is 6.79. The lowest BCUT2D eigenvalue weighted by molar-refractivity contribution is -0.119. The molecule has 0 amide bonds. The molecule has 0 aliphatic heterocycles. The van der Waals surface area contributed by atoms with E-state index in [1.54, 1.807) is 57.0 Å². The first kappa shape index (κ1) is 18.6. The van der Waals surface area contributed by atoms with Crippen LogP contribution in [0.2, 0.25) is 6.04 Å². The number of benzene rings is 1. The minimum atomic E-state index is -0.632. The number of rotatable bonds is 10. The number of aromatic nitrogens is 1. The first-order chi connectivity index (χ1) is 10.7. The Balaban J connectivity index is 1.89. The molecule has 0 unspecified atom stereocenters. The van der Waals surface area contributed by atoms with E-state index in [2.05, 4.69) is 11.1 Å². The summed E-state index contributed by atoms with van der Waals surface area (Å²) in [6, 6.07) is 8.99. The lowest BCUT2D eigenvalue weighted by Crippen LogP contribution is -2.30. The van der Waals surface area contributed by atoms with Gasteiger partial charge in [0.2, 0.25) is 5.12 Å². The highest BCUT2D eigenvalue weighted by Gasteiger charge is 2.31. The van der Waals surface area contributed by atoms with E-state index >= 15 is 0 Å². The number of thiazole rings is 1. The van der Waals surface area contributed by atoms with Gasteiger partial charge in [0.05, 0.1) is 10.2 Å². The fourth-order valence-electron chi connectivity index (χ4n) is 1.72. The minimum Gasteiger partial charge on any atom is -0.424 e. The molecule has 122 valence electrons. The van der Waals surface area contributed by atoms with Gasteiger partial charge in [-0.3, -0.25) is 0 Å². The van der Waals surface area contributed by atoms with E-state index in [1.807, 2.05) is 25.1 Å². The quantitative estimate of drug-likeness (QED) is 0.260. The topological polar surface area (TPSA) is 40.6 Å². The Morgan fingerprint density at radius 1 is 1.27 bits per heavy atom. The molecule has 0 radical (unpaired) electrons. The molecule has 0 aliphatic rings. The zero-order valence-corrected chi connectivity index (χ0v) is 17.4. The molecule has 0 spiro atoms. The van der Waals surface area contributed by atoms with Crippen LogP contribution >= 0.6 is 42.8 Å². The van der Waals surface area contributed by atoms with Crippen LogP contribution in [0.4, 0.5) is 0 Å². The summed E-state index contributed by atoms with van der Waals surface area (Å²) in [6.07, 6.45) is 0. The van der Waals surface area contributed by atoms with E-state index in [9.17, 15) is 0 Å². The van der Waals surface area contributed by atoms with Crippen LogP contribution in [0, 0.1) is 0 Å². The van der Waals surface area contributed by atoms with Gasteiger partial charge in [0.25, 0.3) is 0 Å². The van der Waals surface area contributed by atoms with Gasteiger partial charge in [0.1, 0.15) is 0 Å². The second-order valence-corrected chi connectivity index (χ2v) is 10.9. The van der Waals surface area contributed by atoms with Crippen LogP contribution in [0.1, 0.15) is 6.92 Å². The van der Waals surface area contributed by atoms with Crippen molar-refractivity contribution in [2.75, 3.05) is 20.8 Å². The number of fused-ring (bicyclic) bond motifs is 1. The maximum absolute atomic E-state index is 5.57. The predicted octanol–water partition coefficient (Wildman–Crippen LogP) is 4.17. The lowest BCUT2D eigenvalue weighted by Gasteiger charge is -2.28. The molecule has 0 atom stereocenters. The van der Waals surface area contributed by atoms with E-state index in [1.165, 1.54) is 4.70 Å². The normalized spacial score (nSPS) is 12.7. The number of ether oxygens (including phenoxy) is 2. The molecule has 0 N–H and O–H groups in total. The average molecular weight is 394 g/mol. The standard InChI is InChI=1S/C13H19NO3S4Si/c1-4-17-22-9-13(15-2,16-3)20-21-19-12-14-10-7-5-6-8-11(10)18-12/h5-8H,4,9,22H2,1-3H3. The van der Waals surface area contributed by atoms with Crippen molar-refractivity contribution in [2.45, 2.75) is 22.4 Å². The third kappa shape index (κ3) is 5.13. The summed E-state index contributed by atoms with van der Waals surface area (Å²) in [5, 5.41) is -0.629. The van der Waals surface area contributed by atoms with Gasteiger partial charge in [0, 0.05) is 26.9 Å². The molecule has 22 heavy (non-hydrogen) atoms. The third-order valence-corrected chi connectivity index (χ3v) is 10.5. The highest BCUT2D eigenvalue weighted by molar-refractivity contribution is 9.09. The number of hydrogen-bond donors (Lipinski definition) is 0. The van der Waals surface area contributed by atoms with Gasteiger partial charge in [-0.25, -0.2) is 4.98 Å². The van der Waals surface area contributed by atoms with Crippen molar-refractivity contribution >= 4 is 62.7 Å².